The minimum atomic E-state index is -0.574. The molecule has 1 aliphatic rings. The van der Waals surface area contributed by atoms with Crippen LogP contribution in [0.2, 0.25) is 0 Å². The van der Waals surface area contributed by atoms with Gasteiger partial charge in [0, 0.05) is 6.54 Å². The predicted molar refractivity (Wildman–Crippen MR) is 49.0 cm³/mol. The van der Waals surface area contributed by atoms with E-state index < -0.39 is 6.23 Å². The summed E-state index contributed by atoms with van der Waals surface area (Å²) in [6.07, 6.45) is 0.304. The molecule has 3 heteroatoms. The van der Waals surface area contributed by atoms with Gasteiger partial charge in [0.15, 0.2) is 0 Å². The molecule has 1 heterocycles. The first-order valence-corrected chi connectivity index (χ1v) is 4.46. The highest BCUT2D eigenvalue weighted by Gasteiger charge is 2.18. The third-order valence-electron chi connectivity index (χ3n) is 2.49. The van der Waals surface area contributed by atoms with Crippen molar-refractivity contribution in [2.45, 2.75) is 19.3 Å². The largest absolute Gasteiger partial charge is 0.392 e. The molecule has 70 valence electrons. The molecule has 1 atom stereocenters. The predicted octanol–water partition coefficient (Wildman–Crippen LogP) is 0.315. The minimum absolute atomic E-state index is 0.0515. The number of fused-ring (bicyclic) bond motifs is 1. The van der Waals surface area contributed by atoms with Gasteiger partial charge in [-0.15, -0.1) is 0 Å². The second-order valence-electron chi connectivity index (χ2n) is 3.25. The van der Waals surface area contributed by atoms with Crippen molar-refractivity contribution in [3.63, 3.8) is 0 Å². The molecule has 1 aliphatic heterocycles. The number of aliphatic hydroxyl groups is 2. The van der Waals surface area contributed by atoms with E-state index >= 15 is 0 Å². The summed E-state index contributed by atoms with van der Waals surface area (Å²) in [7, 11) is 0. The summed E-state index contributed by atoms with van der Waals surface area (Å²) in [6.45, 7) is 0.821. The Morgan fingerprint density at radius 1 is 1.46 bits per heavy atom. The van der Waals surface area contributed by atoms with Crippen LogP contribution < -0.4 is 5.32 Å². The van der Waals surface area contributed by atoms with Crippen LogP contribution in [0.1, 0.15) is 22.9 Å². The Balaban J connectivity index is 2.48. The van der Waals surface area contributed by atoms with Gasteiger partial charge in [0.05, 0.1) is 6.61 Å². The maximum absolute atomic E-state index is 9.59. The quantitative estimate of drug-likeness (QED) is 0.581. The Morgan fingerprint density at radius 2 is 2.31 bits per heavy atom. The Kier molecular flexibility index (Phi) is 2.31. The maximum Gasteiger partial charge on any atom is 0.131 e. The molecule has 1 unspecified atom stereocenters. The van der Waals surface area contributed by atoms with E-state index in [-0.39, 0.29) is 6.61 Å². The molecule has 3 N–H and O–H groups in total. The first-order chi connectivity index (χ1) is 6.33. The third kappa shape index (κ3) is 1.46. The molecular weight excluding hydrogens is 166 g/mol. The number of hydrogen-bond acceptors (Lipinski definition) is 3. The van der Waals surface area contributed by atoms with Crippen LogP contribution in [0.25, 0.3) is 0 Å². The Labute approximate surface area is 77.0 Å². The van der Waals surface area contributed by atoms with Gasteiger partial charge in [-0.1, -0.05) is 18.2 Å². The Bertz CT molecular complexity index is 312. The molecule has 0 saturated carbocycles. The summed E-state index contributed by atoms with van der Waals surface area (Å²) in [6, 6.07) is 5.66. The topological polar surface area (TPSA) is 52.5 Å². The van der Waals surface area contributed by atoms with Crippen molar-refractivity contribution in [1.82, 2.24) is 5.32 Å². The Hall–Kier alpha value is -0.900. The van der Waals surface area contributed by atoms with Crippen LogP contribution in [-0.2, 0) is 13.0 Å². The van der Waals surface area contributed by atoms with Crippen LogP contribution in [0.15, 0.2) is 18.2 Å². The van der Waals surface area contributed by atoms with Gasteiger partial charge < -0.3 is 10.2 Å². The van der Waals surface area contributed by atoms with Gasteiger partial charge in [-0.25, -0.2) is 0 Å². The highest BCUT2D eigenvalue weighted by molar-refractivity contribution is 5.37. The van der Waals surface area contributed by atoms with E-state index in [0.29, 0.717) is 0 Å². The van der Waals surface area contributed by atoms with Crippen molar-refractivity contribution in [1.29, 1.82) is 0 Å². The fourth-order valence-corrected chi connectivity index (χ4v) is 1.81. The van der Waals surface area contributed by atoms with Crippen molar-refractivity contribution >= 4 is 0 Å². The molecule has 0 aromatic heterocycles. The average molecular weight is 179 g/mol. The van der Waals surface area contributed by atoms with E-state index in [1.54, 1.807) is 0 Å². The SMILES string of the molecule is OCc1cccc2c1CCNC2O. The zero-order valence-corrected chi connectivity index (χ0v) is 7.33. The second-order valence-corrected chi connectivity index (χ2v) is 3.25. The van der Waals surface area contributed by atoms with Crippen molar-refractivity contribution in [2.24, 2.45) is 0 Å². The molecule has 3 nitrogen and oxygen atoms in total. The van der Waals surface area contributed by atoms with Crippen LogP contribution in [0.4, 0.5) is 0 Å². The van der Waals surface area contributed by atoms with Crippen molar-refractivity contribution in [2.75, 3.05) is 6.54 Å². The molecule has 0 aliphatic carbocycles. The van der Waals surface area contributed by atoms with Gasteiger partial charge in [0.25, 0.3) is 0 Å². The monoisotopic (exact) mass is 179 g/mol. The average Bonchev–Trinajstić information content (AvgIpc) is 2.18. The summed E-state index contributed by atoms with van der Waals surface area (Å²) in [5.41, 5.74) is 2.92. The molecule has 13 heavy (non-hydrogen) atoms. The lowest BCUT2D eigenvalue weighted by atomic mass is 9.95. The molecule has 1 aromatic rings. The van der Waals surface area contributed by atoms with Crippen LogP contribution in [-0.4, -0.2) is 16.8 Å². The fraction of sp³-hybridized carbons (Fsp3) is 0.400. The van der Waals surface area contributed by atoms with Crippen LogP contribution in [0.3, 0.4) is 0 Å². The number of hydrogen-bond donors (Lipinski definition) is 3. The van der Waals surface area contributed by atoms with E-state index in [1.165, 1.54) is 0 Å². The molecule has 0 fully saturated rings. The van der Waals surface area contributed by atoms with Crippen LogP contribution in [0.5, 0.6) is 0 Å². The molecule has 2 rings (SSSR count). The number of rotatable bonds is 1. The lowest BCUT2D eigenvalue weighted by Crippen LogP contribution is -2.30. The standard InChI is InChI=1S/C10H13NO2/c12-6-7-2-1-3-9-8(7)4-5-11-10(9)13/h1-3,10-13H,4-6H2. The molecule has 0 radical (unpaired) electrons. The van der Waals surface area contributed by atoms with E-state index in [9.17, 15) is 5.11 Å². The summed E-state index contributed by atoms with van der Waals surface area (Å²) >= 11 is 0. The Morgan fingerprint density at radius 3 is 3.08 bits per heavy atom. The van der Waals surface area contributed by atoms with Crippen LogP contribution >= 0.6 is 0 Å². The van der Waals surface area contributed by atoms with Gasteiger partial charge in [-0.05, 0) is 23.1 Å². The molecule has 0 amide bonds. The summed E-state index contributed by atoms with van der Waals surface area (Å²) in [5.74, 6) is 0. The van der Waals surface area contributed by atoms with Gasteiger partial charge >= 0.3 is 0 Å². The van der Waals surface area contributed by atoms with Crippen molar-refractivity contribution in [3.8, 4) is 0 Å². The van der Waals surface area contributed by atoms with E-state index in [2.05, 4.69) is 5.32 Å². The van der Waals surface area contributed by atoms with E-state index in [4.69, 9.17) is 5.11 Å². The minimum Gasteiger partial charge on any atom is -0.392 e. The van der Waals surface area contributed by atoms with Crippen LogP contribution in [0, 0.1) is 0 Å². The molecule has 1 aromatic carbocycles. The second kappa shape index (κ2) is 3.46. The van der Waals surface area contributed by atoms with Gasteiger partial charge in [0.2, 0.25) is 0 Å². The highest BCUT2D eigenvalue weighted by atomic mass is 16.3. The lowest BCUT2D eigenvalue weighted by molar-refractivity contribution is 0.131. The number of benzene rings is 1. The molecule has 0 saturated heterocycles. The van der Waals surface area contributed by atoms with E-state index in [1.807, 2.05) is 18.2 Å². The van der Waals surface area contributed by atoms with Gasteiger partial charge in [-0.2, -0.15) is 0 Å². The molecular formula is C10H13NO2. The number of aliphatic hydroxyl groups excluding tert-OH is 2. The van der Waals surface area contributed by atoms with Crippen molar-refractivity contribution in [3.05, 3.63) is 34.9 Å². The lowest BCUT2D eigenvalue weighted by Gasteiger charge is -2.24. The third-order valence-corrected chi connectivity index (χ3v) is 2.49. The van der Waals surface area contributed by atoms with E-state index in [0.717, 1.165) is 29.7 Å². The zero-order valence-electron chi connectivity index (χ0n) is 7.33. The molecule has 0 spiro atoms. The van der Waals surface area contributed by atoms with Gasteiger partial charge in [0.1, 0.15) is 6.23 Å². The zero-order chi connectivity index (χ0) is 9.26. The fourth-order valence-electron chi connectivity index (χ4n) is 1.81. The number of nitrogens with one attached hydrogen (secondary N) is 1. The summed E-state index contributed by atoms with van der Waals surface area (Å²) in [5, 5.41) is 21.6. The normalized spacial score (nSPS) is 21.2. The summed E-state index contributed by atoms with van der Waals surface area (Å²) < 4.78 is 0. The first kappa shape index (κ1) is 8.69. The smallest absolute Gasteiger partial charge is 0.131 e. The van der Waals surface area contributed by atoms with Gasteiger partial charge in [-0.3, -0.25) is 5.32 Å². The highest BCUT2D eigenvalue weighted by Crippen LogP contribution is 2.23. The molecule has 0 bridgehead atoms. The summed E-state index contributed by atoms with van der Waals surface area (Å²) in [4.78, 5) is 0. The van der Waals surface area contributed by atoms with Crippen molar-refractivity contribution < 1.29 is 10.2 Å². The maximum atomic E-state index is 9.59. The first-order valence-electron chi connectivity index (χ1n) is 4.46.